The van der Waals surface area contributed by atoms with E-state index >= 15 is 0 Å². The Balaban J connectivity index is 2.03. The molecule has 2 aromatic heterocycles. The van der Waals surface area contributed by atoms with Gasteiger partial charge in [-0.1, -0.05) is 6.92 Å². The minimum atomic E-state index is -0.564. The molecule has 1 N–H and O–H groups in total. The fourth-order valence-electron chi connectivity index (χ4n) is 1.58. The van der Waals surface area contributed by atoms with Gasteiger partial charge >= 0.3 is 0 Å². The highest BCUT2D eigenvalue weighted by atomic mass is 16.5. The number of aromatic nitrogens is 3. The summed E-state index contributed by atoms with van der Waals surface area (Å²) in [5.74, 6) is 1.32. The predicted octanol–water partition coefficient (Wildman–Crippen LogP) is 2.53. The van der Waals surface area contributed by atoms with Crippen molar-refractivity contribution in [3.05, 3.63) is 36.4 Å². The zero-order valence-electron chi connectivity index (χ0n) is 10.6. The lowest BCUT2D eigenvalue weighted by Gasteiger charge is -2.05. The van der Waals surface area contributed by atoms with Gasteiger partial charge in [0.1, 0.15) is 5.75 Å². The van der Waals surface area contributed by atoms with Crippen LogP contribution in [-0.2, 0) is 6.54 Å². The lowest BCUT2D eigenvalue weighted by Crippen LogP contribution is -1.96. The summed E-state index contributed by atoms with van der Waals surface area (Å²) in [5, 5.41) is 13.5. The number of hydrogen-bond donors (Lipinski definition) is 1. The van der Waals surface area contributed by atoms with E-state index in [1.54, 1.807) is 31.5 Å². The third kappa shape index (κ3) is 3.07. The van der Waals surface area contributed by atoms with Crippen LogP contribution in [-0.4, -0.2) is 19.9 Å². The van der Waals surface area contributed by atoms with Crippen LogP contribution < -0.4 is 4.74 Å². The minimum absolute atomic E-state index is 0.564. The second kappa shape index (κ2) is 5.64. The minimum Gasteiger partial charge on any atom is -0.452 e. The SMILES string of the molecule is CCCn1cc(Oc2ccc([C@@H](C)O)nc2)cn1. The molecule has 96 valence electrons. The van der Waals surface area contributed by atoms with Gasteiger partial charge in [0.25, 0.3) is 0 Å². The molecule has 5 heteroatoms. The third-order valence-corrected chi connectivity index (χ3v) is 2.49. The van der Waals surface area contributed by atoms with Crippen molar-refractivity contribution in [2.75, 3.05) is 0 Å². The molecule has 1 atom stereocenters. The Kier molecular flexibility index (Phi) is 3.94. The summed E-state index contributed by atoms with van der Waals surface area (Å²) in [6.45, 7) is 4.65. The molecule has 0 saturated heterocycles. The maximum atomic E-state index is 9.35. The normalized spacial score (nSPS) is 12.4. The van der Waals surface area contributed by atoms with Crippen LogP contribution in [0.15, 0.2) is 30.7 Å². The molecule has 18 heavy (non-hydrogen) atoms. The van der Waals surface area contributed by atoms with Crippen molar-refractivity contribution >= 4 is 0 Å². The topological polar surface area (TPSA) is 60.2 Å². The predicted molar refractivity (Wildman–Crippen MR) is 67.5 cm³/mol. The zero-order valence-corrected chi connectivity index (χ0v) is 10.6. The van der Waals surface area contributed by atoms with E-state index in [2.05, 4.69) is 17.0 Å². The van der Waals surface area contributed by atoms with Gasteiger partial charge in [0.2, 0.25) is 0 Å². The molecule has 0 radical (unpaired) electrons. The van der Waals surface area contributed by atoms with Crippen molar-refractivity contribution < 1.29 is 9.84 Å². The number of aryl methyl sites for hydroxylation is 1. The Bertz CT molecular complexity index is 491. The first-order valence-corrected chi connectivity index (χ1v) is 6.03. The molecule has 0 spiro atoms. The first-order valence-electron chi connectivity index (χ1n) is 6.03. The van der Waals surface area contributed by atoms with E-state index in [9.17, 15) is 5.11 Å². The monoisotopic (exact) mass is 247 g/mol. The molecule has 0 aromatic carbocycles. The van der Waals surface area contributed by atoms with Crippen LogP contribution in [0.2, 0.25) is 0 Å². The van der Waals surface area contributed by atoms with E-state index in [0.717, 1.165) is 13.0 Å². The molecular weight excluding hydrogens is 230 g/mol. The highest BCUT2D eigenvalue weighted by Crippen LogP contribution is 2.21. The van der Waals surface area contributed by atoms with Crippen LogP contribution in [0, 0.1) is 0 Å². The van der Waals surface area contributed by atoms with Crippen molar-refractivity contribution in [1.29, 1.82) is 0 Å². The van der Waals surface area contributed by atoms with Crippen molar-refractivity contribution in [3.8, 4) is 11.5 Å². The van der Waals surface area contributed by atoms with E-state index < -0.39 is 6.10 Å². The van der Waals surface area contributed by atoms with E-state index in [1.165, 1.54) is 0 Å². The quantitative estimate of drug-likeness (QED) is 0.882. The molecule has 2 aromatic rings. The Morgan fingerprint density at radius 3 is 2.78 bits per heavy atom. The van der Waals surface area contributed by atoms with Gasteiger partial charge < -0.3 is 9.84 Å². The lowest BCUT2D eigenvalue weighted by atomic mass is 10.2. The number of ether oxygens (including phenoxy) is 1. The highest BCUT2D eigenvalue weighted by molar-refractivity contribution is 5.26. The van der Waals surface area contributed by atoms with Crippen LogP contribution in [0.5, 0.6) is 11.5 Å². The van der Waals surface area contributed by atoms with Crippen LogP contribution in [0.3, 0.4) is 0 Å². The summed E-state index contributed by atoms with van der Waals surface area (Å²) < 4.78 is 7.45. The molecule has 2 rings (SSSR count). The maximum Gasteiger partial charge on any atom is 0.165 e. The molecule has 0 amide bonds. The average Bonchev–Trinajstić information content (AvgIpc) is 2.78. The Morgan fingerprint density at radius 1 is 1.33 bits per heavy atom. The average molecular weight is 247 g/mol. The van der Waals surface area contributed by atoms with E-state index in [4.69, 9.17) is 4.74 Å². The van der Waals surface area contributed by atoms with E-state index in [0.29, 0.717) is 17.2 Å². The van der Waals surface area contributed by atoms with Gasteiger partial charge in [-0.25, -0.2) is 0 Å². The lowest BCUT2D eigenvalue weighted by molar-refractivity contribution is 0.194. The van der Waals surface area contributed by atoms with E-state index in [-0.39, 0.29) is 0 Å². The molecule has 5 nitrogen and oxygen atoms in total. The summed E-state index contributed by atoms with van der Waals surface area (Å²) in [6.07, 6.45) is 5.60. The van der Waals surface area contributed by atoms with Crippen molar-refractivity contribution in [1.82, 2.24) is 14.8 Å². The van der Waals surface area contributed by atoms with Gasteiger partial charge in [0.05, 0.1) is 30.4 Å². The molecule has 0 bridgehead atoms. The number of rotatable bonds is 5. The summed E-state index contributed by atoms with van der Waals surface area (Å²) in [5.41, 5.74) is 0.629. The van der Waals surface area contributed by atoms with Gasteiger partial charge in [-0.15, -0.1) is 0 Å². The first kappa shape index (κ1) is 12.6. The molecule has 2 heterocycles. The number of pyridine rings is 1. The molecular formula is C13H17N3O2. The second-order valence-electron chi connectivity index (χ2n) is 4.14. The highest BCUT2D eigenvalue weighted by Gasteiger charge is 2.04. The zero-order chi connectivity index (χ0) is 13.0. The van der Waals surface area contributed by atoms with Gasteiger partial charge in [0.15, 0.2) is 5.75 Å². The van der Waals surface area contributed by atoms with Crippen LogP contribution in [0.25, 0.3) is 0 Å². The van der Waals surface area contributed by atoms with Crippen molar-refractivity contribution in [2.24, 2.45) is 0 Å². The Hall–Kier alpha value is -1.88. The number of aliphatic hydroxyl groups is 1. The van der Waals surface area contributed by atoms with Gasteiger partial charge in [-0.3, -0.25) is 9.67 Å². The summed E-state index contributed by atoms with van der Waals surface area (Å²) in [7, 11) is 0. The summed E-state index contributed by atoms with van der Waals surface area (Å²) >= 11 is 0. The van der Waals surface area contributed by atoms with Gasteiger partial charge in [0, 0.05) is 6.54 Å². The van der Waals surface area contributed by atoms with Gasteiger partial charge in [-0.05, 0) is 25.5 Å². The Morgan fingerprint density at radius 2 is 2.17 bits per heavy atom. The molecule has 0 aliphatic rings. The largest absolute Gasteiger partial charge is 0.452 e. The van der Waals surface area contributed by atoms with Crippen LogP contribution >= 0.6 is 0 Å². The molecule has 0 unspecified atom stereocenters. The van der Waals surface area contributed by atoms with Crippen LogP contribution in [0.4, 0.5) is 0 Å². The molecule has 0 fully saturated rings. The molecule has 0 aliphatic carbocycles. The first-order chi connectivity index (χ1) is 8.69. The van der Waals surface area contributed by atoms with Crippen molar-refractivity contribution in [2.45, 2.75) is 32.9 Å². The van der Waals surface area contributed by atoms with Crippen LogP contribution in [0.1, 0.15) is 32.1 Å². The number of nitrogens with zero attached hydrogens (tertiary/aromatic N) is 3. The Labute approximate surface area is 106 Å². The summed E-state index contributed by atoms with van der Waals surface area (Å²) in [6, 6.07) is 3.53. The van der Waals surface area contributed by atoms with Gasteiger partial charge in [-0.2, -0.15) is 5.10 Å². The maximum absolute atomic E-state index is 9.35. The number of hydrogen-bond acceptors (Lipinski definition) is 4. The third-order valence-electron chi connectivity index (χ3n) is 2.49. The van der Waals surface area contributed by atoms with Crippen molar-refractivity contribution in [3.63, 3.8) is 0 Å². The summed E-state index contributed by atoms with van der Waals surface area (Å²) in [4.78, 5) is 4.12. The smallest absolute Gasteiger partial charge is 0.165 e. The molecule has 0 saturated carbocycles. The second-order valence-corrected chi connectivity index (χ2v) is 4.14. The fraction of sp³-hybridized carbons (Fsp3) is 0.385. The fourth-order valence-corrected chi connectivity index (χ4v) is 1.58. The molecule has 0 aliphatic heterocycles. The number of aliphatic hydroxyl groups excluding tert-OH is 1. The standard InChI is InChI=1S/C13H17N3O2/c1-3-6-16-9-12(8-15-16)18-11-4-5-13(10(2)17)14-7-11/h4-5,7-10,17H,3,6H2,1-2H3/t10-/m1/s1. The van der Waals surface area contributed by atoms with E-state index in [1.807, 2.05) is 10.9 Å².